The number of benzene rings is 2. The number of nitrogens with one attached hydrogen (secondary N) is 2. The Balaban J connectivity index is 1.81. The fraction of sp³-hybridized carbons (Fsp3) is 0.438. The summed E-state index contributed by atoms with van der Waals surface area (Å²) in [5, 5.41) is 15.4. The van der Waals surface area contributed by atoms with E-state index in [1.165, 1.54) is 6.07 Å². The zero-order valence-electron chi connectivity index (χ0n) is 25.4. The van der Waals surface area contributed by atoms with Crippen molar-refractivity contribution in [2.24, 2.45) is 11.5 Å². The molecule has 0 aliphatic carbocycles. The minimum absolute atomic E-state index is 0.108. The fourth-order valence-electron chi connectivity index (χ4n) is 4.50. The van der Waals surface area contributed by atoms with E-state index < -0.39 is 12.1 Å². The molecule has 0 spiro atoms. The summed E-state index contributed by atoms with van der Waals surface area (Å²) in [6.07, 6.45) is 2.38. The molecule has 3 rings (SSSR count). The number of nitrogens with zero attached hydrogens (tertiary/aromatic N) is 3. The Morgan fingerprint density at radius 2 is 1.81 bits per heavy atom. The Kier molecular flexibility index (Phi) is 10.9. The van der Waals surface area contributed by atoms with Crippen LogP contribution in [-0.2, 0) is 23.2 Å². The Hall–Kier alpha value is -4.20. The Labute approximate surface area is 248 Å². The second-order valence-corrected chi connectivity index (χ2v) is 11.8. The largest absolute Gasteiger partial charge is 0.490 e. The van der Waals surface area contributed by atoms with Crippen molar-refractivity contribution in [1.82, 2.24) is 20.2 Å². The van der Waals surface area contributed by atoms with Crippen LogP contribution >= 0.6 is 0 Å². The van der Waals surface area contributed by atoms with Crippen LogP contribution in [0.5, 0.6) is 5.75 Å². The smallest absolute Gasteiger partial charge is 0.251 e. The van der Waals surface area contributed by atoms with E-state index in [4.69, 9.17) is 21.2 Å². The number of aromatic nitrogens is 2. The van der Waals surface area contributed by atoms with E-state index in [1.807, 2.05) is 44.3 Å². The van der Waals surface area contributed by atoms with E-state index in [0.29, 0.717) is 30.8 Å². The number of nitrogens with two attached hydrogens (primary N) is 2. The minimum Gasteiger partial charge on any atom is -0.490 e. The van der Waals surface area contributed by atoms with Crippen molar-refractivity contribution in [3.63, 3.8) is 0 Å². The van der Waals surface area contributed by atoms with Gasteiger partial charge in [-0.1, -0.05) is 45.0 Å². The SMILES string of the molecule is CC(C)Oc1ccc(C(=O)N[C@H](CNC(=O)[C@@H](C)N)Cc2ccc(-c3cn(CCN)c(C(C)(C)C)n3)cc2)cc1C#N. The van der Waals surface area contributed by atoms with Gasteiger partial charge in [0.1, 0.15) is 17.6 Å². The molecule has 2 atom stereocenters. The molecule has 10 nitrogen and oxygen atoms in total. The predicted octanol–water partition coefficient (Wildman–Crippen LogP) is 3.27. The molecule has 0 unspecified atom stereocenters. The first-order valence-corrected chi connectivity index (χ1v) is 14.2. The van der Waals surface area contributed by atoms with Gasteiger partial charge in [0.2, 0.25) is 5.91 Å². The third kappa shape index (κ3) is 8.65. The normalized spacial score (nSPS) is 12.9. The molecule has 6 N–H and O–H groups in total. The third-order valence-electron chi connectivity index (χ3n) is 6.55. The molecular formula is C32H43N7O3. The number of amides is 2. The van der Waals surface area contributed by atoms with Crippen LogP contribution < -0.4 is 26.8 Å². The Bertz CT molecular complexity index is 1410. The van der Waals surface area contributed by atoms with Gasteiger partial charge in [0.25, 0.3) is 5.91 Å². The number of imidazole rings is 1. The van der Waals surface area contributed by atoms with Gasteiger partial charge in [0.05, 0.1) is 29.4 Å². The highest BCUT2D eigenvalue weighted by Crippen LogP contribution is 2.27. The van der Waals surface area contributed by atoms with Crippen molar-refractivity contribution in [3.8, 4) is 23.1 Å². The quantitative estimate of drug-likeness (QED) is 0.259. The predicted molar refractivity (Wildman–Crippen MR) is 164 cm³/mol. The highest BCUT2D eigenvalue weighted by Gasteiger charge is 2.22. The number of hydrogen-bond acceptors (Lipinski definition) is 7. The van der Waals surface area contributed by atoms with Gasteiger partial charge < -0.3 is 31.4 Å². The van der Waals surface area contributed by atoms with Crippen molar-refractivity contribution in [1.29, 1.82) is 5.26 Å². The van der Waals surface area contributed by atoms with Gasteiger partial charge in [-0.05, 0) is 51.0 Å². The van der Waals surface area contributed by atoms with Gasteiger partial charge in [-0.3, -0.25) is 9.59 Å². The van der Waals surface area contributed by atoms with Gasteiger partial charge in [0, 0.05) is 42.4 Å². The molecule has 224 valence electrons. The maximum absolute atomic E-state index is 13.2. The second kappa shape index (κ2) is 14.1. The summed E-state index contributed by atoms with van der Waals surface area (Å²) in [5.74, 6) is 0.726. The highest BCUT2D eigenvalue weighted by atomic mass is 16.5. The van der Waals surface area contributed by atoms with Crippen LogP contribution in [0.25, 0.3) is 11.3 Å². The summed E-state index contributed by atoms with van der Waals surface area (Å²) in [4.78, 5) is 30.3. The molecule has 0 bridgehead atoms. The number of carbonyl (C=O) groups is 2. The number of ether oxygens (including phenoxy) is 1. The van der Waals surface area contributed by atoms with Crippen molar-refractivity contribution in [2.75, 3.05) is 13.1 Å². The third-order valence-corrected chi connectivity index (χ3v) is 6.55. The molecule has 10 heteroatoms. The molecule has 0 saturated carbocycles. The van der Waals surface area contributed by atoms with Crippen molar-refractivity contribution in [2.45, 2.75) is 78.1 Å². The van der Waals surface area contributed by atoms with Crippen molar-refractivity contribution >= 4 is 11.8 Å². The number of hydrogen-bond donors (Lipinski definition) is 4. The topological polar surface area (TPSA) is 161 Å². The molecular weight excluding hydrogens is 530 g/mol. The van der Waals surface area contributed by atoms with Crippen LogP contribution in [0.1, 0.15) is 68.9 Å². The first kappa shape index (κ1) is 32.3. The molecule has 1 aromatic heterocycles. The van der Waals surface area contributed by atoms with Gasteiger partial charge in [-0.25, -0.2) is 4.98 Å². The van der Waals surface area contributed by atoms with E-state index in [2.05, 4.69) is 42.0 Å². The molecule has 1 heterocycles. The summed E-state index contributed by atoms with van der Waals surface area (Å²) in [5.41, 5.74) is 14.8. The van der Waals surface area contributed by atoms with Gasteiger partial charge in [-0.2, -0.15) is 5.26 Å². The van der Waals surface area contributed by atoms with Crippen LogP contribution in [0.4, 0.5) is 0 Å². The average Bonchev–Trinajstić information content (AvgIpc) is 3.36. The molecule has 0 aliphatic rings. The molecule has 42 heavy (non-hydrogen) atoms. The lowest BCUT2D eigenvalue weighted by atomic mass is 9.95. The van der Waals surface area contributed by atoms with Gasteiger partial charge >= 0.3 is 0 Å². The van der Waals surface area contributed by atoms with Crippen LogP contribution in [0.2, 0.25) is 0 Å². The first-order valence-electron chi connectivity index (χ1n) is 14.2. The van der Waals surface area contributed by atoms with E-state index in [0.717, 1.165) is 22.6 Å². The maximum Gasteiger partial charge on any atom is 0.251 e. The average molecular weight is 574 g/mol. The number of carbonyl (C=O) groups excluding carboxylic acids is 2. The summed E-state index contributed by atoms with van der Waals surface area (Å²) in [6, 6.07) is 13.7. The van der Waals surface area contributed by atoms with Crippen molar-refractivity contribution in [3.05, 3.63) is 71.2 Å². The molecule has 3 aromatic rings. The Morgan fingerprint density at radius 3 is 2.38 bits per heavy atom. The lowest BCUT2D eigenvalue weighted by Gasteiger charge is -2.21. The van der Waals surface area contributed by atoms with E-state index in [-0.39, 0.29) is 35.4 Å². The minimum atomic E-state index is -0.676. The standard InChI is InChI=1S/C32H43N7O3/c1-20(2)42-28-12-11-24(16-25(28)17-34)30(41)37-26(18-36-29(40)21(3)35)15-22-7-9-23(10-8-22)27-19-39(14-13-33)31(38-27)32(4,5)6/h7-12,16,19-21,26H,13-15,18,33,35H2,1-6H3,(H,36,40)(H,37,41)/t21-,26+/m1/s1. The molecule has 0 radical (unpaired) electrons. The molecule has 0 fully saturated rings. The summed E-state index contributed by atoms with van der Waals surface area (Å²) >= 11 is 0. The zero-order valence-corrected chi connectivity index (χ0v) is 25.4. The summed E-state index contributed by atoms with van der Waals surface area (Å²) < 4.78 is 7.78. The monoisotopic (exact) mass is 573 g/mol. The highest BCUT2D eigenvalue weighted by molar-refractivity contribution is 5.95. The van der Waals surface area contributed by atoms with Gasteiger partial charge in [-0.15, -0.1) is 0 Å². The number of nitriles is 1. The molecule has 2 aromatic carbocycles. The summed E-state index contributed by atoms with van der Waals surface area (Å²) in [6.45, 7) is 13.1. The van der Waals surface area contributed by atoms with Crippen molar-refractivity contribution < 1.29 is 14.3 Å². The summed E-state index contributed by atoms with van der Waals surface area (Å²) in [7, 11) is 0. The van der Waals surface area contributed by atoms with Crippen LogP contribution in [0.3, 0.4) is 0 Å². The van der Waals surface area contributed by atoms with Crippen LogP contribution in [-0.4, -0.2) is 52.6 Å². The molecule has 0 aliphatic heterocycles. The maximum atomic E-state index is 13.2. The lowest BCUT2D eigenvalue weighted by molar-refractivity contribution is -0.122. The van der Waals surface area contributed by atoms with Crippen LogP contribution in [0.15, 0.2) is 48.7 Å². The first-order chi connectivity index (χ1) is 19.8. The molecule has 2 amide bonds. The lowest BCUT2D eigenvalue weighted by Crippen LogP contribution is -2.48. The fourth-order valence-corrected chi connectivity index (χ4v) is 4.50. The Morgan fingerprint density at radius 1 is 1.12 bits per heavy atom. The van der Waals surface area contributed by atoms with Crippen LogP contribution in [0, 0.1) is 11.3 Å². The zero-order chi connectivity index (χ0) is 31.0. The van der Waals surface area contributed by atoms with Gasteiger partial charge in [0.15, 0.2) is 0 Å². The number of rotatable bonds is 12. The van der Waals surface area contributed by atoms with E-state index >= 15 is 0 Å². The second-order valence-electron chi connectivity index (χ2n) is 11.8. The molecule has 0 saturated heterocycles. The van der Waals surface area contributed by atoms with E-state index in [9.17, 15) is 14.9 Å². The van der Waals surface area contributed by atoms with E-state index in [1.54, 1.807) is 19.1 Å².